The minimum Gasteiger partial charge on any atom is -0.392 e. The molecule has 2 aromatic heterocycles. The molecular formula is C10H11N3O2S. The lowest BCUT2D eigenvalue weighted by Crippen LogP contribution is -2.11. The van der Waals surface area contributed by atoms with Crippen molar-refractivity contribution in [3.63, 3.8) is 0 Å². The number of hydrogen-bond donors (Lipinski definition) is 1. The Bertz CT molecular complexity index is 468. The molecule has 1 saturated carbocycles. The maximum absolute atomic E-state index is 9.74. The Kier molecular flexibility index (Phi) is 2.45. The average molecular weight is 237 g/mol. The first-order valence-electron chi connectivity index (χ1n) is 5.25. The van der Waals surface area contributed by atoms with Crippen LogP contribution in [-0.4, -0.2) is 26.3 Å². The summed E-state index contributed by atoms with van der Waals surface area (Å²) in [5, 5.41) is 15.5. The largest absolute Gasteiger partial charge is 0.392 e. The van der Waals surface area contributed by atoms with E-state index in [1.807, 2.05) is 5.38 Å². The van der Waals surface area contributed by atoms with Crippen LogP contribution < -0.4 is 0 Å². The molecule has 1 aliphatic carbocycles. The summed E-state index contributed by atoms with van der Waals surface area (Å²) in [6, 6.07) is 0. The predicted molar refractivity (Wildman–Crippen MR) is 58.0 cm³/mol. The number of hydrogen-bond acceptors (Lipinski definition) is 6. The van der Waals surface area contributed by atoms with Crippen LogP contribution in [0.15, 0.2) is 15.4 Å². The van der Waals surface area contributed by atoms with Crippen LogP contribution in [0.4, 0.5) is 0 Å². The number of aliphatic hydroxyl groups excluding tert-OH is 1. The second-order valence-electron chi connectivity index (χ2n) is 3.93. The summed E-state index contributed by atoms with van der Waals surface area (Å²) in [4.78, 5) is 8.41. The van der Waals surface area contributed by atoms with Crippen molar-refractivity contribution in [3.05, 3.63) is 16.8 Å². The van der Waals surface area contributed by atoms with Gasteiger partial charge in [-0.15, -0.1) is 11.3 Å². The Hall–Kier alpha value is -1.27. The number of thiazole rings is 1. The summed E-state index contributed by atoms with van der Waals surface area (Å²) >= 11 is 1.49. The lowest BCUT2D eigenvalue weighted by molar-refractivity contribution is 0.148. The van der Waals surface area contributed by atoms with Crippen LogP contribution in [-0.2, 0) is 0 Å². The Balaban J connectivity index is 1.88. The van der Waals surface area contributed by atoms with E-state index in [2.05, 4.69) is 15.1 Å². The summed E-state index contributed by atoms with van der Waals surface area (Å²) in [6.07, 6.45) is 2.41. The third kappa shape index (κ3) is 1.64. The fourth-order valence-corrected chi connectivity index (χ4v) is 2.57. The molecule has 1 aliphatic rings. The van der Waals surface area contributed by atoms with Crippen LogP contribution in [0, 0.1) is 0 Å². The Labute approximate surface area is 96.1 Å². The van der Waals surface area contributed by atoms with E-state index in [9.17, 15) is 5.11 Å². The van der Waals surface area contributed by atoms with Crippen LogP contribution in [0.1, 0.15) is 31.1 Å². The van der Waals surface area contributed by atoms with E-state index in [0.29, 0.717) is 11.7 Å². The van der Waals surface area contributed by atoms with Crippen molar-refractivity contribution in [2.24, 2.45) is 0 Å². The van der Waals surface area contributed by atoms with Gasteiger partial charge in [-0.1, -0.05) is 5.16 Å². The highest BCUT2D eigenvalue weighted by Crippen LogP contribution is 2.34. The van der Waals surface area contributed by atoms with Crippen molar-refractivity contribution in [2.75, 3.05) is 0 Å². The van der Waals surface area contributed by atoms with Gasteiger partial charge in [0, 0.05) is 5.38 Å². The Morgan fingerprint density at radius 2 is 2.38 bits per heavy atom. The minimum absolute atomic E-state index is 0.000106. The van der Waals surface area contributed by atoms with Gasteiger partial charge in [-0.3, -0.25) is 0 Å². The normalized spacial score (nSPS) is 25.1. The summed E-state index contributed by atoms with van der Waals surface area (Å²) in [6.45, 7) is 0. The molecule has 0 amide bonds. The lowest BCUT2D eigenvalue weighted by atomic mass is 10.1. The van der Waals surface area contributed by atoms with Gasteiger partial charge < -0.3 is 9.63 Å². The SMILES string of the molecule is OC1CCCC1c1nc(-c2cscn2)no1. The maximum Gasteiger partial charge on any atom is 0.232 e. The van der Waals surface area contributed by atoms with E-state index < -0.39 is 0 Å². The van der Waals surface area contributed by atoms with Gasteiger partial charge in [0.1, 0.15) is 5.69 Å². The van der Waals surface area contributed by atoms with Gasteiger partial charge in [-0.25, -0.2) is 4.98 Å². The standard InChI is InChI=1S/C10H11N3O2S/c14-8-3-1-2-6(8)10-12-9(13-15-10)7-4-16-5-11-7/h4-6,8,14H,1-3H2. The van der Waals surface area contributed by atoms with Crippen molar-refractivity contribution in [1.29, 1.82) is 0 Å². The highest BCUT2D eigenvalue weighted by Gasteiger charge is 2.31. The van der Waals surface area contributed by atoms with Gasteiger partial charge in [-0.05, 0) is 19.3 Å². The molecule has 0 bridgehead atoms. The van der Waals surface area contributed by atoms with E-state index in [4.69, 9.17) is 4.52 Å². The zero-order valence-electron chi connectivity index (χ0n) is 8.54. The third-order valence-corrected chi connectivity index (χ3v) is 3.49. The van der Waals surface area contributed by atoms with Crippen molar-refractivity contribution in [1.82, 2.24) is 15.1 Å². The topological polar surface area (TPSA) is 72.0 Å². The van der Waals surface area contributed by atoms with Crippen LogP contribution >= 0.6 is 11.3 Å². The molecule has 5 nitrogen and oxygen atoms in total. The van der Waals surface area contributed by atoms with E-state index in [-0.39, 0.29) is 12.0 Å². The quantitative estimate of drug-likeness (QED) is 0.862. The van der Waals surface area contributed by atoms with Crippen LogP contribution in [0.25, 0.3) is 11.5 Å². The van der Waals surface area contributed by atoms with Crippen molar-refractivity contribution in [2.45, 2.75) is 31.3 Å². The second kappa shape index (κ2) is 3.95. The smallest absolute Gasteiger partial charge is 0.232 e. The molecule has 2 heterocycles. The first-order chi connectivity index (χ1) is 7.84. The summed E-state index contributed by atoms with van der Waals surface area (Å²) in [5.41, 5.74) is 2.46. The summed E-state index contributed by atoms with van der Waals surface area (Å²) < 4.78 is 5.19. The van der Waals surface area contributed by atoms with E-state index >= 15 is 0 Å². The fraction of sp³-hybridized carbons (Fsp3) is 0.500. The first-order valence-corrected chi connectivity index (χ1v) is 6.19. The zero-order chi connectivity index (χ0) is 11.0. The predicted octanol–water partition coefficient (Wildman–Crippen LogP) is 1.82. The monoisotopic (exact) mass is 237 g/mol. The van der Waals surface area contributed by atoms with E-state index in [1.54, 1.807) is 5.51 Å². The Morgan fingerprint density at radius 1 is 1.44 bits per heavy atom. The molecule has 0 saturated heterocycles. The van der Waals surface area contributed by atoms with E-state index in [0.717, 1.165) is 25.0 Å². The summed E-state index contributed by atoms with van der Waals surface area (Å²) in [7, 11) is 0. The number of nitrogens with zero attached hydrogens (tertiary/aromatic N) is 3. The van der Waals surface area contributed by atoms with Crippen LogP contribution in [0.5, 0.6) is 0 Å². The zero-order valence-corrected chi connectivity index (χ0v) is 9.35. The molecule has 2 atom stereocenters. The molecule has 84 valence electrons. The molecule has 0 aromatic carbocycles. The van der Waals surface area contributed by atoms with Gasteiger partial charge in [0.25, 0.3) is 0 Å². The van der Waals surface area contributed by atoms with Crippen LogP contribution in [0.3, 0.4) is 0 Å². The average Bonchev–Trinajstić information content (AvgIpc) is 2.96. The lowest BCUT2D eigenvalue weighted by Gasteiger charge is -2.07. The first kappa shape index (κ1) is 9.92. The molecule has 2 unspecified atom stereocenters. The molecule has 1 fully saturated rings. The maximum atomic E-state index is 9.74. The molecular weight excluding hydrogens is 226 g/mol. The number of aromatic nitrogens is 3. The van der Waals surface area contributed by atoms with Crippen molar-refractivity contribution in [3.8, 4) is 11.5 Å². The molecule has 0 spiro atoms. The Morgan fingerprint density at radius 3 is 3.06 bits per heavy atom. The molecule has 1 N–H and O–H groups in total. The second-order valence-corrected chi connectivity index (χ2v) is 4.65. The number of rotatable bonds is 2. The van der Waals surface area contributed by atoms with Gasteiger partial charge in [-0.2, -0.15) is 4.98 Å². The third-order valence-electron chi connectivity index (χ3n) is 2.90. The molecule has 16 heavy (non-hydrogen) atoms. The molecule has 2 aromatic rings. The van der Waals surface area contributed by atoms with Gasteiger partial charge >= 0.3 is 0 Å². The van der Waals surface area contributed by atoms with Gasteiger partial charge in [0.05, 0.1) is 17.5 Å². The van der Waals surface area contributed by atoms with Gasteiger partial charge in [0.2, 0.25) is 11.7 Å². The minimum atomic E-state index is -0.344. The number of aliphatic hydroxyl groups is 1. The molecule has 0 radical (unpaired) electrons. The van der Waals surface area contributed by atoms with Crippen LogP contribution in [0.2, 0.25) is 0 Å². The molecule has 0 aliphatic heterocycles. The molecule has 3 rings (SSSR count). The van der Waals surface area contributed by atoms with Gasteiger partial charge in [0.15, 0.2) is 0 Å². The highest BCUT2D eigenvalue weighted by atomic mass is 32.1. The summed E-state index contributed by atoms with van der Waals surface area (Å²) in [5.74, 6) is 1.04. The highest BCUT2D eigenvalue weighted by molar-refractivity contribution is 7.07. The fourth-order valence-electron chi connectivity index (χ4n) is 2.04. The molecule has 6 heteroatoms. The van der Waals surface area contributed by atoms with Crippen molar-refractivity contribution >= 4 is 11.3 Å². The van der Waals surface area contributed by atoms with E-state index in [1.165, 1.54) is 11.3 Å². The van der Waals surface area contributed by atoms with Crippen molar-refractivity contribution < 1.29 is 9.63 Å².